The molecule has 232 valence electrons. The molecule has 1 atom stereocenters. The van der Waals surface area contributed by atoms with Crippen LogP contribution in [0.5, 0.6) is 5.75 Å². The highest BCUT2D eigenvalue weighted by atomic mass is 19.4. The summed E-state index contributed by atoms with van der Waals surface area (Å²) >= 11 is 0. The largest absolute Gasteiger partial charge is 0.497 e. The van der Waals surface area contributed by atoms with Crippen LogP contribution in [-0.2, 0) is 35.9 Å². The summed E-state index contributed by atoms with van der Waals surface area (Å²) < 4.78 is 47.8. The number of fused-ring (bicyclic) bond motifs is 1. The molecule has 0 radical (unpaired) electrons. The zero-order valence-electron chi connectivity index (χ0n) is 25.2. The van der Waals surface area contributed by atoms with E-state index in [1.165, 1.54) is 21.9 Å². The average molecular weight is 607 g/mol. The smallest absolute Gasteiger partial charge is 0.417 e. The van der Waals surface area contributed by atoms with Gasteiger partial charge >= 0.3 is 6.18 Å². The molecule has 0 aliphatic carbocycles. The van der Waals surface area contributed by atoms with Crippen molar-refractivity contribution in [1.82, 2.24) is 9.80 Å². The second-order valence-electron chi connectivity index (χ2n) is 11.8. The molecule has 44 heavy (non-hydrogen) atoms. The zero-order valence-corrected chi connectivity index (χ0v) is 25.2. The fourth-order valence-electron chi connectivity index (χ4n) is 5.99. The summed E-state index contributed by atoms with van der Waals surface area (Å²) in [6, 6.07) is 18.3. The molecule has 2 aliphatic heterocycles. The molecule has 3 aromatic carbocycles. The van der Waals surface area contributed by atoms with Crippen LogP contribution in [0.15, 0.2) is 71.7 Å². The molecule has 0 fully saturated rings. The Kier molecular flexibility index (Phi) is 8.72. The fraction of sp³-hybridized carbons (Fsp3) is 0.382. The molecule has 0 bridgehead atoms. The van der Waals surface area contributed by atoms with E-state index in [0.717, 1.165) is 23.6 Å². The quantitative estimate of drug-likeness (QED) is 0.344. The first-order chi connectivity index (χ1) is 20.9. The third-order valence-electron chi connectivity index (χ3n) is 8.48. The van der Waals surface area contributed by atoms with Crippen molar-refractivity contribution >= 4 is 17.8 Å². The van der Waals surface area contributed by atoms with Gasteiger partial charge in [-0.3, -0.25) is 14.5 Å². The van der Waals surface area contributed by atoms with E-state index >= 15 is 0 Å². The van der Waals surface area contributed by atoms with E-state index in [1.807, 2.05) is 48.5 Å². The Morgan fingerprint density at radius 2 is 1.73 bits per heavy atom. The number of aliphatic imine (C=N–C) groups is 1. The van der Waals surface area contributed by atoms with Crippen molar-refractivity contribution in [2.45, 2.75) is 57.8 Å². The monoisotopic (exact) mass is 606 g/mol. The third kappa shape index (κ3) is 6.16. The number of amides is 2. The Hall–Kier alpha value is -4.34. The minimum Gasteiger partial charge on any atom is -0.497 e. The van der Waals surface area contributed by atoms with Gasteiger partial charge in [0.25, 0.3) is 11.8 Å². The molecule has 0 saturated heterocycles. The lowest BCUT2D eigenvalue weighted by molar-refractivity contribution is -0.138. The van der Waals surface area contributed by atoms with Gasteiger partial charge in [-0.15, -0.1) is 0 Å². The van der Waals surface area contributed by atoms with Gasteiger partial charge in [-0.2, -0.15) is 13.2 Å². The molecule has 10 heteroatoms. The van der Waals surface area contributed by atoms with Gasteiger partial charge in [-0.05, 0) is 78.1 Å². The van der Waals surface area contributed by atoms with Crippen molar-refractivity contribution in [3.63, 3.8) is 0 Å². The predicted octanol–water partition coefficient (Wildman–Crippen LogP) is 5.94. The van der Waals surface area contributed by atoms with Gasteiger partial charge < -0.3 is 15.4 Å². The summed E-state index contributed by atoms with van der Waals surface area (Å²) in [5, 5.41) is 0. The van der Waals surface area contributed by atoms with Crippen LogP contribution in [0.25, 0.3) is 0 Å². The average Bonchev–Trinajstić information content (AvgIpc) is 3.13. The Bertz CT molecular complexity index is 1570. The molecule has 2 heterocycles. The molecule has 2 N–H and O–H groups in total. The summed E-state index contributed by atoms with van der Waals surface area (Å²) in [5.74, 6) is -0.0446. The summed E-state index contributed by atoms with van der Waals surface area (Å²) in [6.45, 7) is 4.54. The van der Waals surface area contributed by atoms with Crippen LogP contribution in [0.3, 0.4) is 0 Å². The molecule has 0 saturated carbocycles. The lowest BCUT2D eigenvalue weighted by Gasteiger charge is -2.27. The number of nitrogens with two attached hydrogens (primary N) is 1. The summed E-state index contributed by atoms with van der Waals surface area (Å²) in [6.07, 6.45) is -2.58. The van der Waals surface area contributed by atoms with Crippen molar-refractivity contribution in [2.24, 2.45) is 16.6 Å². The molecular formula is C34H37F3N4O3. The van der Waals surface area contributed by atoms with Crippen LogP contribution in [0, 0.1) is 5.92 Å². The van der Waals surface area contributed by atoms with E-state index in [1.54, 1.807) is 7.11 Å². The predicted molar refractivity (Wildman–Crippen MR) is 162 cm³/mol. The number of hydrogen-bond acceptors (Lipinski definition) is 5. The van der Waals surface area contributed by atoms with Crippen molar-refractivity contribution in [1.29, 1.82) is 0 Å². The number of nitrogens with zero attached hydrogens (tertiary/aromatic N) is 3. The number of ether oxygens (including phenoxy) is 1. The molecule has 0 aromatic heterocycles. The molecule has 3 aromatic rings. The second-order valence-corrected chi connectivity index (χ2v) is 11.8. The van der Waals surface area contributed by atoms with Gasteiger partial charge in [0.1, 0.15) is 5.75 Å². The number of benzene rings is 3. The van der Waals surface area contributed by atoms with E-state index in [-0.39, 0.29) is 31.5 Å². The van der Waals surface area contributed by atoms with Gasteiger partial charge in [0.15, 0.2) is 11.5 Å². The maximum atomic E-state index is 14.2. The van der Waals surface area contributed by atoms with Crippen molar-refractivity contribution < 1.29 is 27.5 Å². The van der Waals surface area contributed by atoms with Crippen LogP contribution in [0.1, 0.15) is 64.9 Å². The molecular weight excluding hydrogens is 569 g/mol. The molecule has 5 rings (SSSR count). The normalized spacial score (nSPS) is 18.7. The van der Waals surface area contributed by atoms with E-state index < -0.39 is 28.7 Å². The molecule has 2 aliphatic rings. The van der Waals surface area contributed by atoms with Crippen molar-refractivity contribution in [3.05, 3.63) is 100 Å². The highest BCUT2D eigenvalue weighted by Gasteiger charge is 2.49. The number of guanidine groups is 1. The Morgan fingerprint density at radius 3 is 2.39 bits per heavy atom. The first-order valence-corrected chi connectivity index (χ1v) is 14.8. The number of alkyl halides is 3. The van der Waals surface area contributed by atoms with Crippen LogP contribution in [0.2, 0.25) is 0 Å². The standard InChI is InChI=1S/C34H37F3N4O3/c1-22(2)13-16-33(26-7-5-4-6-8-26)31(43)41(32(38)39-33)21-23-9-12-29(34(35,36)37)28(19-23)30(42)40-17-14-24-10-11-27(44-3)20-25(24)15-18-40/h4-12,19-20,22H,13-18,21H2,1-3H3,(H2,38,39). The Labute approximate surface area is 255 Å². The lowest BCUT2D eigenvalue weighted by atomic mass is 9.83. The van der Waals surface area contributed by atoms with Crippen molar-refractivity contribution in [3.8, 4) is 5.75 Å². The topological polar surface area (TPSA) is 88.2 Å². The van der Waals surface area contributed by atoms with Gasteiger partial charge in [-0.25, -0.2) is 4.99 Å². The number of carbonyl (C=O) groups is 2. The van der Waals surface area contributed by atoms with Gasteiger partial charge in [0, 0.05) is 13.1 Å². The van der Waals surface area contributed by atoms with Crippen LogP contribution in [-0.4, -0.2) is 47.8 Å². The number of rotatable bonds is 8. The molecule has 7 nitrogen and oxygen atoms in total. The van der Waals surface area contributed by atoms with Crippen LogP contribution >= 0.6 is 0 Å². The first-order valence-electron chi connectivity index (χ1n) is 14.8. The minimum absolute atomic E-state index is 0.00362. The van der Waals surface area contributed by atoms with E-state index in [4.69, 9.17) is 10.5 Å². The summed E-state index contributed by atoms with van der Waals surface area (Å²) in [5.41, 5.74) is 6.74. The second kappa shape index (κ2) is 12.3. The van der Waals surface area contributed by atoms with Gasteiger partial charge in [0.05, 0.1) is 24.8 Å². The molecule has 2 amide bonds. The van der Waals surface area contributed by atoms with Crippen LogP contribution < -0.4 is 10.5 Å². The molecule has 1 unspecified atom stereocenters. The van der Waals surface area contributed by atoms with E-state index in [9.17, 15) is 22.8 Å². The fourth-order valence-corrected chi connectivity index (χ4v) is 5.99. The van der Waals surface area contributed by atoms with Crippen LogP contribution in [0.4, 0.5) is 13.2 Å². The van der Waals surface area contributed by atoms with Gasteiger partial charge in [0.2, 0.25) is 0 Å². The third-order valence-corrected chi connectivity index (χ3v) is 8.48. The SMILES string of the molecule is COc1ccc2c(c1)CCN(C(=O)c1cc(CN3C(=O)C(CCC(C)C)(c4ccccc4)N=C3N)ccc1C(F)(F)F)CC2. The number of methoxy groups -OCH3 is 1. The number of carbonyl (C=O) groups excluding carboxylic acids is 2. The minimum atomic E-state index is -4.74. The molecule has 0 spiro atoms. The van der Waals surface area contributed by atoms with E-state index in [2.05, 4.69) is 18.8 Å². The summed E-state index contributed by atoms with van der Waals surface area (Å²) in [4.78, 5) is 35.2. The Morgan fingerprint density at radius 1 is 1.02 bits per heavy atom. The number of hydrogen-bond donors (Lipinski definition) is 1. The number of halogens is 3. The highest BCUT2D eigenvalue weighted by molar-refractivity contribution is 6.07. The lowest BCUT2D eigenvalue weighted by Crippen LogP contribution is -2.42. The highest BCUT2D eigenvalue weighted by Crippen LogP contribution is 2.39. The maximum absolute atomic E-state index is 14.2. The zero-order chi connectivity index (χ0) is 31.6. The Balaban J connectivity index is 1.43. The maximum Gasteiger partial charge on any atom is 0.417 e. The van der Waals surface area contributed by atoms with E-state index in [0.29, 0.717) is 42.1 Å². The summed E-state index contributed by atoms with van der Waals surface area (Å²) in [7, 11) is 1.57. The van der Waals surface area contributed by atoms with Gasteiger partial charge in [-0.1, -0.05) is 56.3 Å². The van der Waals surface area contributed by atoms with Crippen molar-refractivity contribution in [2.75, 3.05) is 20.2 Å². The first kappa shape index (κ1) is 31.1.